The monoisotopic (exact) mass is 265 g/mol. The van der Waals surface area contributed by atoms with E-state index in [1.807, 2.05) is 49.4 Å². The van der Waals surface area contributed by atoms with Gasteiger partial charge in [-0.05, 0) is 18.6 Å². The zero-order chi connectivity index (χ0) is 14.1. The summed E-state index contributed by atoms with van der Waals surface area (Å²) in [6.07, 6.45) is 0. The maximum Gasteiger partial charge on any atom is 0.272 e. The van der Waals surface area contributed by atoms with Crippen LogP contribution >= 0.6 is 0 Å². The minimum atomic E-state index is -0.161. The van der Waals surface area contributed by atoms with E-state index in [-0.39, 0.29) is 5.56 Å². The van der Waals surface area contributed by atoms with E-state index in [9.17, 15) is 4.79 Å². The molecule has 0 spiro atoms. The minimum absolute atomic E-state index is 0.161. The Morgan fingerprint density at radius 3 is 2.55 bits per heavy atom. The summed E-state index contributed by atoms with van der Waals surface area (Å²) >= 11 is 0. The van der Waals surface area contributed by atoms with Gasteiger partial charge in [0, 0.05) is 17.5 Å². The number of rotatable bonds is 2. The lowest BCUT2D eigenvalue weighted by atomic mass is 10.0. The highest BCUT2D eigenvalue weighted by molar-refractivity contribution is 5.94. The fourth-order valence-electron chi connectivity index (χ4n) is 2.30. The molecule has 4 heteroatoms. The smallest absolute Gasteiger partial charge is 0.272 e. The lowest BCUT2D eigenvalue weighted by Crippen LogP contribution is -2.09. The summed E-state index contributed by atoms with van der Waals surface area (Å²) in [4.78, 5) is 11.9. The van der Waals surface area contributed by atoms with Gasteiger partial charge in [0.2, 0.25) is 0 Å². The number of aromatic nitrogens is 2. The van der Waals surface area contributed by atoms with E-state index >= 15 is 0 Å². The van der Waals surface area contributed by atoms with Gasteiger partial charge in [-0.25, -0.2) is 5.10 Å². The molecule has 0 unspecified atom stereocenters. The Labute approximate surface area is 116 Å². The summed E-state index contributed by atoms with van der Waals surface area (Å²) in [7, 11) is 0. The molecular formula is C16H15N3O. The molecule has 1 heterocycles. The predicted octanol–water partition coefficient (Wildman–Crippen LogP) is 2.36. The van der Waals surface area contributed by atoms with E-state index in [4.69, 9.17) is 5.73 Å². The second-order valence-electron chi connectivity index (χ2n) is 4.85. The third kappa shape index (κ3) is 2.10. The number of H-pyrrole nitrogens is 1. The van der Waals surface area contributed by atoms with Crippen LogP contribution < -0.4 is 11.3 Å². The van der Waals surface area contributed by atoms with Crippen molar-refractivity contribution in [3.8, 4) is 11.3 Å². The summed E-state index contributed by atoms with van der Waals surface area (Å²) in [6.45, 7) is 2.48. The molecular weight excluding hydrogens is 250 g/mol. The van der Waals surface area contributed by atoms with Crippen molar-refractivity contribution in [2.75, 3.05) is 0 Å². The van der Waals surface area contributed by atoms with Crippen LogP contribution in [0.2, 0.25) is 0 Å². The van der Waals surface area contributed by atoms with Crippen molar-refractivity contribution >= 4 is 10.8 Å². The molecule has 0 aliphatic heterocycles. The predicted molar refractivity (Wildman–Crippen MR) is 80.4 cm³/mol. The number of fused-ring (bicyclic) bond motifs is 1. The molecule has 0 aliphatic rings. The number of nitrogens with zero attached hydrogens (tertiary/aromatic N) is 1. The molecule has 0 amide bonds. The topological polar surface area (TPSA) is 71.8 Å². The first-order chi connectivity index (χ1) is 9.69. The van der Waals surface area contributed by atoms with Crippen LogP contribution in [-0.4, -0.2) is 10.2 Å². The molecule has 3 rings (SSSR count). The van der Waals surface area contributed by atoms with Gasteiger partial charge in [-0.2, -0.15) is 5.10 Å². The fraction of sp³-hybridized carbons (Fsp3) is 0.125. The number of nitrogens with one attached hydrogen (secondary N) is 1. The first kappa shape index (κ1) is 12.6. The van der Waals surface area contributed by atoms with Crippen LogP contribution in [0, 0.1) is 6.92 Å². The summed E-state index contributed by atoms with van der Waals surface area (Å²) in [5, 5.41) is 8.29. The molecule has 0 radical (unpaired) electrons. The van der Waals surface area contributed by atoms with Crippen molar-refractivity contribution in [2.45, 2.75) is 13.5 Å². The highest BCUT2D eigenvalue weighted by Gasteiger charge is 2.08. The third-order valence-electron chi connectivity index (χ3n) is 3.41. The Bertz CT molecular complexity index is 819. The highest BCUT2D eigenvalue weighted by atomic mass is 16.1. The second-order valence-corrected chi connectivity index (χ2v) is 4.85. The number of hydrogen-bond acceptors (Lipinski definition) is 3. The molecule has 0 fully saturated rings. The van der Waals surface area contributed by atoms with E-state index in [1.165, 1.54) is 0 Å². The Kier molecular flexibility index (Phi) is 3.08. The molecule has 3 aromatic rings. The first-order valence-corrected chi connectivity index (χ1v) is 6.47. The van der Waals surface area contributed by atoms with E-state index in [1.54, 1.807) is 0 Å². The average Bonchev–Trinajstić information content (AvgIpc) is 2.48. The lowest BCUT2D eigenvalue weighted by molar-refractivity contribution is 1.01. The molecule has 20 heavy (non-hydrogen) atoms. The average molecular weight is 265 g/mol. The van der Waals surface area contributed by atoms with E-state index in [0.717, 1.165) is 27.8 Å². The summed E-state index contributed by atoms with van der Waals surface area (Å²) in [5.41, 5.74) is 9.31. The Morgan fingerprint density at radius 1 is 1.10 bits per heavy atom. The van der Waals surface area contributed by atoms with Crippen LogP contribution in [-0.2, 0) is 6.54 Å². The quantitative estimate of drug-likeness (QED) is 0.747. The van der Waals surface area contributed by atoms with Gasteiger partial charge in [0.1, 0.15) is 0 Å². The molecule has 0 atom stereocenters. The third-order valence-corrected chi connectivity index (χ3v) is 3.41. The van der Waals surface area contributed by atoms with Crippen LogP contribution in [0.15, 0.2) is 47.3 Å². The van der Waals surface area contributed by atoms with Crippen molar-refractivity contribution in [3.05, 3.63) is 63.9 Å². The van der Waals surface area contributed by atoms with Gasteiger partial charge in [-0.15, -0.1) is 0 Å². The molecule has 100 valence electrons. The van der Waals surface area contributed by atoms with Crippen molar-refractivity contribution < 1.29 is 0 Å². The van der Waals surface area contributed by atoms with Gasteiger partial charge in [0.05, 0.1) is 11.1 Å². The van der Waals surface area contributed by atoms with Crippen molar-refractivity contribution in [3.63, 3.8) is 0 Å². The standard InChI is InChI=1S/C16H15N3O/c1-10-2-7-13-14(8-10)16(20)19-18-15(13)12-5-3-11(9-17)4-6-12/h2-8H,9,17H2,1H3,(H,19,20). The summed E-state index contributed by atoms with van der Waals surface area (Å²) in [5.74, 6) is 0. The number of nitrogens with two attached hydrogens (primary N) is 1. The van der Waals surface area contributed by atoms with Gasteiger partial charge in [-0.3, -0.25) is 4.79 Å². The SMILES string of the molecule is Cc1ccc2c(-c3ccc(CN)cc3)n[nH]c(=O)c2c1. The van der Waals surface area contributed by atoms with Crippen molar-refractivity contribution in [2.24, 2.45) is 5.73 Å². The van der Waals surface area contributed by atoms with Crippen LogP contribution in [0.4, 0.5) is 0 Å². The highest BCUT2D eigenvalue weighted by Crippen LogP contribution is 2.25. The van der Waals surface area contributed by atoms with Crippen LogP contribution in [0.25, 0.3) is 22.0 Å². The van der Waals surface area contributed by atoms with E-state index in [0.29, 0.717) is 11.9 Å². The van der Waals surface area contributed by atoms with Gasteiger partial charge in [-0.1, -0.05) is 42.0 Å². The summed E-state index contributed by atoms with van der Waals surface area (Å²) < 4.78 is 0. The van der Waals surface area contributed by atoms with Crippen LogP contribution in [0.1, 0.15) is 11.1 Å². The molecule has 0 bridgehead atoms. The first-order valence-electron chi connectivity index (χ1n) is 6.47. The normalized spacial score (nSPS) is 10.9. The molecule has 3 N–H and O–H groups in total. The van der Waals surface area contributed by atoms with Crippen LogP contribution in [0.3, 0.4) is 0 Å². The minimum Gasteiger partial charge on any atom is -0.326 e. The van der Waals surface area contributed by atoms with Crippen molar-refractivity contribution in [1.82, 2.24) is 10.2 Å². The second kappa shape index (κ2) is 4.90. The van der Waals surface area contributed by atoms with Crippen LogP contribution in [0.5, 0.6) is 0 Å². The summed E-state index contributed by atoms with van der Waals surface area (Å²) in [6, 6.07) is 13.7. The maximum atomic E-state index is 11.9. The number of aryl methyl sites for hydroxylation is 1. The fourth-order valence-corrected chi connectivity index (χ4v) is 2.30. The lowest BCUT2D eigenvalue weighted by Gasteiger charge is -2.06. The maximum absolute atomic E-state index is 11.9. The zero-order valence-electron chi connectivity index (χ0n) is 11.2. The zero-order valence-corrected chi connectivity index (χ0v) is 11.2. The molecule has 2 aromatic carbocycles. The Balaban J connectivity index is 2.25. The molecule has 0 aliphatic carbocycles. The molecule has 1 aromatic heterocycles. The van der Waals surface area contributed by atoms with E-state index < -0.39 is 0 Å². The Hall–Kier alpha value is -2.46. The van der Waals surface area contributed by atoms with E-state index in [2.05, 4.69) is 10.2 Å². The molecule has 4 nitrogen and oxygen atoms in total. The molecule has 0 saturated heterocycles. The Morgan fingerprint density at radius 2 is 1.85 bits per heavy atom. The number of aromatic amines is 1. The largest absolute Gasteiger partial charge is 0.326 e. The van der Waals surface area contributed by atoms with Crippen molar-refractivity contribution in [1.29, 1.82) is 0 Å². The van der Waals surface area contributed by atoms with Gasteiger partial charge >= 0.3 is 0 Å². The number of benzene rings is 2. The number of hydrogen-bond donors (Lipinski definition) is 2. The van der Waals surface area contributed by atoms with Gasteiger partial charge < -0.3 is 5.73 Å². The molecule has 0 saturated carbocycles. The van der Waals surface area contributed by atoms with Gasteiger partial charge in [0.15, 0.2) is 0 Å². The van der Waals surface area contributed by atoms with Gasteiger partial charge in [0.25, 0.3) is 5.56 Å².